The van der Waals surface area contributed by atoms with Gasteiger partial charge in [0.2, 0.25) is 0 Å². The number of piperidine rings is 1. The lowest BCUT2D eigenvalue weighted by molar-refractivity contribution is 0.423. The molecule has 1 saturated heterocycles. The molecule has 1 unspecified atom stereocenters. The molecule has 1 aromatic carbocycles. The van der Waals surface area contributed by atoms with Crippen molar-refractivity contribution in [1.29, 1.82) is 0 Å². The molecule has 0 amide bonds. The molecule has 2 aromatic heterocycles. The van der Waals surface area contributed by atoms with Crippen LogP contribution in [0.4, 0.5) is 5.82 Å². The van der Waals surface area contributed by atoms with E-state index >= 15 is 0 Å². The second kappa shape index (κ2) is 6.92. The maximum absolute atomic E-state index is 10.5. The molecule has 0 saturated carbocycles. The van der Waals surface area contributed by atoms with Gasteiger partial charge in [-0.2, -0.15) is 0 Å². The molecule has 0 aliphatic carbocycles. The average Bonchev–Trinajstić information content (AvgIpc) is 3.32. The van der Waals surface area contributed by atoms with Gasteiger partial charge in [-0.25, -0.2) is 0 Å². The first-order valence-electron chi connectivity index (χ1n) is 9.86. The maximum Gasteiger partial charge on any atom is 0.167 e. The largest absolute Gasteiger partial charge is 0.507 e. The first-order chi connectivity index (χ1) is 14.1. The highest BCUT2D eigenvalue weighted by molar-refractivity contribution is 5.72. The third kappa shape index (κ3) is 3.33. The second-order valence-electron chi connectivity index (χ2n) is 7.85. The van der Waals surface area contributed by atoms with Crippen LogP contribution in [0.1, 0.15) is 25.0 Å². The third-order valence-corrected chi connectivity index (χ3v) is 5.80. The maximum atomic E-state index is 10.5. The van der Waals surface area contributed by atoms with Crippen LogP contribution >= 0.6 is 0 Å². The van der Waals surface area contributed by atoms with E-state index in [-0.39, 0.29) is 5.75 Å². The van der Waals surface area contributed by atoms with Crippen LogP contribution in [0.2, 0.25) is 0 Å². The summed E-state index contributed by atoms with van der Waals surface area (Å²) in [5.74, 6) is 1.60. The zero-order valence-electron chi connectivity index (χ0n) is 16.5. The molecular formula is C22H23N5O2. The molecule has 4 heterocycles. The number of hydrogen-bond acceptors (Lipinski definition) is 7. The van der Waals surface area contributed by atoms with Gasteiger partial charge in [0.05, 0.1) is 11.4 Å². The van der Waals surface area contributed by atoms with Crippen LogP contribution in [0.5, 0.6) is 5.75 Å². The molecule has 2 atom stereocenters. The fraction of sp³-hybridized carbons (Fsp3) is 0.318. The number of nitrogens with one attached hydrogen (secondary N) is 1. The number of aromatic nitrogens is 3. The summed E-state index contributed by atoms with van der Waals surface area (Å²) < 4.78 is 5.27. The lowest BCUT2D eigenvalue weighted by Gasteiger charge is -2.35. The van der Waals surface area contributed by atoms with Crippen molar-refractivity contribution in [2.75, 3.05) is 11.9 Å². The van der Waals surface area contributed by atoms with E-state index in [9.17, 15) is 5.11 Å². The Labute approximate surface area is 169 Å². The Morgan fingerprint density at radius 3 is 2.76 bits per heavy atom. The third-order valence-electron chi connectivity index (χ3n) is 5.80. The first kappa shape index (κ1) is 17.7. The fourth-order valence-electron chi connectivity index (χ4n) is 4.17. The summed E-state index contributed by atoms with van der Waals surface area (Å²) in [6, 6.07) is 12.0. The van der Waals surface area contributed by atoms with Crippen molar-refractivity contribution >= 4 is 5.82 Å². The van der Waals surface area contributed by atoms with E-state index < -0.39 is 0 Å². The smallest absolute Gasteiger partial charge is 0.167 e. The lowest BCUT2D eigenvalue weighted by atomic mass is 9.99. The van der Waals surface area contributed by atoms with Gasteiger partial charge in [0.15, 0.2) is 11.6 Å². The van der Waals surface area contributed by atoms with E-state index in [0.717, 1.165) is 36.3 Å². The van der Waals surface area contributed by atoms with Gasteiger partial charge in [-0.15, -0.1) is 10.2 Å². The quantitative estimate of drug-likeness (QED) is 0.704. The van der Waals surface area contributed by atoms with E-state index in [1.165, 1.54) is 5.70 Å². The van der Waals surface area contributed by atoms with E-state index in [0.29, 0.717) is 29.1 Å². The number of aryl methyl sites for hydroxylation is 1. The van der Waals surface area contributed by atoms with Gasteiger partial charge < -0.3 is 19.8 Å². The summed E-state index contributed by atoms with van der Waals surface area (Å²) in [6.07, 6.45) is 5.54. The molecule has 148 valence electrons. The minimum atomic E-state index is 0.133. The number of hydrogen-bond donors (Lipinski definition) is 2. The predicted octanol–water partition coefficient (Wildman–Crippen LogP) is 3.66. The van der Waals surface area contributed by atoms with E-state index in [1.54, 1.807) is 6.07 Å². The summed E-state index contributed by atoms with van der Waals surface area (Å²) in [7, 11) is 2.07. The molecule has 3 aromatic rings. The number of benzene rings is 1. The number of aromatic hydroxyl groups is 1. The van der Waals surface area contributed by atoms with Crippen LogP contribution in [-0.2, 0) is 0 Å². The lowest BCUT2D eigenvalue weighted by Crippen LogP contribution is -2.43. The number of rotatable bonds is 4. The number of phenols is 1. The van der Waals surface area contributed by atoms with Gasteiger partial charge >= 0.3 is 0 Å². The van der Waals surface area contributed by atoms with Crippen LogP contribution in [0.15, 0.2) is 52.7 Å². The summed E-state index contributed by atoms with van der Waals surface area (Å²) in [5, 5.41) is 26.7. The number of phenolic OH excluding ortho intramolecular Hbond substituents is 1. The van der Waals surface area contributed by atoms with Crippen molar-refractivity contribution in [1.82, 2.24) is 20.7 Å². The Bertz CT molecular complexity index is 1070. The molecular weight excluding hydrogens is 366 g/mol. The van der Waals surface area contributed by atoms with Crippen molar-refractivity contribution in [2.24, 2.45) is 0 Å². The molecule has 29 heavy (non-hydrogen) atoms. The van der Waals surface area contributed by atoms with Crippen molar-refractivity contribution in [3.8, 4) is 28.3 Å². The molecule has 2 aliphatic heterocycles. The Morgan fingerprint density at radius 2 is 2.07 bits per heavy atom. The van der Waals surface area contributed by atoms with Crippen LogP contribution < -0.4 is 10.2 Å². The van der Waals surface area contributed by atoms with Crippen LogP contribution in [0.25, 0.3) is 22.6 Å². The summed E-state index contributed by atoms with van der Waals surface area (Å²) >= 11 is 0. The van der Waals surface area contributed by atoms with Gasteiger partial charge in [0, 0.05) is 48.4 Å². The van der Waals surface area contributed by atoms with Crippen molar-refractivity contribution in [2.45, 2.75) is 38.3 Å². The second-order valence-corrected chi connectivity index (χ2v) is 7.85. The monoisotopic (exact) mass is 389 g/mol. The summed E-state index contributed by atoms with van der Waals surface area (Å²) in [4.78, 5) is 2.21. The van der Waals surface area contributed by atoms with E-state index in [1.807, 2.05) is 37.3 Å². The molecule has 0 spiro atoms. The van der Waals surface area contributed by atoms with Gasteiger partial charge in [0.1, 0.15) is 5.75 Å². The van der Waals surface area contributed by atoms with Crippen molar-refractivity contribution in [3.05, 3.63) is 53.9 Å². The van der Waals surface area contributed by atoms with Gasteiger partial charge in [0.25, 0.3) is 0 Å². The predicted molar refractivity (Wildman–Crippen MR) is 110 cm³/mol. The summed E-state index contributed by atoms with van der Waals surface area (Å²) in [5.41, 5.74) is 4.18. The highest BCUT2D eigenvalue weighted by Crippen LogP contribution is 2.34. The van der Waals surface area contributed by atoms with Crippen LogP contribution in [0.3, 0.4) is 0 Å². The Kier molecular flexibility index (Phi) is 4.23. The zero-order chi connectivity index (χ0) is 20.0. The average molecular weight is 389 g/mol. The molecule has 2 aliphatic rings. The minimum Gasteiger partial charge on any atom is -0.507 e. The zero-order valence-corrected chi connectivity index (χ0v) is 16.5. The molecule has 2 bridgehead atoms. The highest BCUT2D eigenvalue weighted by atomic mass is 16.5. The molecule has 0 radical (unpaired) electrons. The van der Waals surface area contributed by atoms with Crippen LogP contribution in [0, 0.1) is 6.92 Å². The number of anilines is 1. The molecule has 7 nitrogen and oxygen atoms in total. The van der Waals surface area contributed by atoms with Crippen molar-refractivity contribution in [3.63, 3.8) is 0 Å². The Morgan fingerprint density at radius 1 is 1.17 bits per heavy atom. The van der Waals surface area contributed by atoms with Gasteiger partial charge in [-0.3, -0.25) is 0 Å². The van der Waals surface area contributed by atoms with Gasteiger partial charge in [-0.1, -0.05) is 17.3 Å². The normalized spacial score (nSPS) is 20.3. The minimum absolute atomic E-state index is 0.133. The molecule has 7 heteroatoms. The first-order valence-corrected chi connectivity index (χ1v) is 9.86. The van der Waals surface area contributed by atoms with E-state index in [2.05, 4.69) is 38.7 Å². The van der Waals surface area contributed by atoms with E-state index in [4.69, 9.17) is 4.52 Å². The molecule has 2 N–H and O–H groups in total. The standard InChI is InChI=1S/C22H23N5O2/c1-13-9-21(29-26-13)14-3-6-18(20(28)10-14)19-7-8-22(25-24-19)27(2)17-11-15-4-5-16(12-17)23-15/h3-4,6-10,16-17,23,28H,5,11-12H2,1-2H3/t16?,17-/m1/s1. The topological polar surface area (TPSA) is 87.3 Å². The highest BCUT2D eigenvalue weighted by Gasteiger charge is 2.30. The van der Waals surface area contributed by atoms with Crippen molar-refractivity contribution < 1.29 is 9.63 Å². The molecule has 1 fully saturated rings. The Balaban J connectivity index is 1.35. The SMILES string of the molecule is Cc1cc(-c2ccc(-c3ccc(N(C)[C@@H]4CC5=CCC(C4)N5)nn3)c(O)c2)on1. The number of fused-ring (bicyclic) bond motifs is 2. The number of nitrogens with zero attached hydrogens (tertiary/aromatic N) is 4. The van der Waals surface area contributed by atoms with Crippen LogP contribution in [-0.4, -0.2) is 39.6 Å². The summed E-state index contributed by atoms with van der Waals surface area (Å²) in [6.45, 7) is 1.86. The van der Waals surface area contributed by atoms with Gasteiger partial charge in [-0.05, 0) is 44.0 Å². The Hall–Kier alpha value is -3.35. The fourth-order valence-corrected chi connectivity index (χ4v) is 4.17. The molecule has 5 rings (SSSR count).